The van der Waals surface area contributed by atoms with Crippen molar-refractivity contribution >= 4 is 20.9 Å². The molecule has 31 heavy (non-hydrogen) atoms. The number of sulfone groups is 1. The second kappa shape index (κ2) is 7.81. The van der Waals surface area contributed by atoms with Crippen molar-refractivity contribution in [1.29, 1.82) is 0 Å². The molecule has 2 aromatic carbocycles. The molecule has 0 radical (unpaired) electrons. The summed E-state index contributed by atoms with van der Waals surface area (Å²) in [6.45, 7) is 4.35. The number of pyridine rings is 1. The van der Waals surface area contributed by atoms with E-state index < -0.39 is 9.84 Å². The van der Waals surface area contributed by atoms with Gasteiger partial charge in [-0.05, 0) is 54.3 Å². The van der Waals surface area contributed by atoms with Crippen molar-refractivity contribution in [3.05, 3.63) is 87.6 Å². The van der Waals surface area contributed by atoms with Crippen LogP contribution in [0.25, 0.3) is 22.2 Å². The van der Waals surface area contributed by atoms with Gasteiger partial charge in [-0.25, -0.2) is 13.4 Å². The first-order valence-electron chi connectivity index (χ1n) is 10.0. The quantitative estimate of drug-likeness (QED) is 0.480. The summed E-state index contributed by atoms with van der Waals surface area (Å²) in [5.41, 5.74) is 5.69. The van der Waals surface area contributed by atoms with Crippen molar-refractivity contribution in [1.82, 2.24) is 14.1 Å². The van der Waals surface area contributed by atoms with E-state index >= 15 is 0 Å². The van der Waals surface area contributed by atoms with E-state index in [0.29, 0.717) is 23.2 Å². The molecular weight excluding hydrogens is 410 g/mol. The van der Waals surface area contributed by atoms with E-state index in [9.17, 15) is 13.2 Å². The molecule has 0 fully saturated rings. The van der Waals surface area contributed by atoms with Crippen LogP contribution in [0.15, 0.2) is 59.5 Å². The van der Waals surface area contributed by atoms with Crippen molar-refractivity contribution in [2.75, 3.05) is 6.26 Å². The highest BCUT2D eigenvalue weighted by molar-refractivity contribution is 7.89. The van der Waals surface area contributed by atoms with E-state index in [1.54, 1.807) is 24.7 Å². The summed E-state index contributed by atoms with van der Waals surface area (Å²) < 4.78 is 28.0. The van der Waals surface area contributed by atoms with Gasteiger partial charge in [0.15, 0.2) is 9.84 Å². The van der Waals surface area contributed by atoms with Gasteiger partial charge in [0, 0.05) is 31.6 Å². The third kappa shape index (κ3) is 4.32. The van der Waals surface area contributed by atoms with E-state index in [1.165, 1.54) is 6.26 Å². The van der Waals surface area contributed by atoms with Crippen LogP contribution in [0.4, 0.5) is 0 Å². The van der Waals surface area contributed by atoms with Gasteiger partial charge < -0.3 is 9.13 Å². The fourth-order valence-electron chi connectivity index (χ4n) is 3.97. The topological polar surface area (TPSA) is 74.0 Å². The van der Waals surface area contributed by atoms with Gasteiger partial charge in [-0.15, -0.1) is 0 Å². The molecule has 0 amide bonds. The molecule has 4 rings (SSSR count). The Labute approximate surface area is 181 Å². The van der Waals surface area contributed by atoms with Crippen LogP contribution >= 0.6 is 0 Å². The van der Waals surface area contributed by atoms with Gasteiger partial charge in [-0.2, -0.15) is 0 Å². The lowest BCUT2D eigenvalue weighted by atomic mass is 10.0. The zero-order valence-electron chi connectivity index (χ0n) is 18.1. The lowest BCUT2D eigenvalue weighted by molar-refractivity contribution is 0.601. The second-order valence-electron chi connectivity index (χ2n) is 8.13. The molecule has 0 spiro atoms. The smallest absolute Gasteiger partial charge is 0.253 e. The van der Waals surface area contributed by atoms with E-state index in [4.69, 9.17) is 4.98 Å². The third-order valence-electron chi connectivity index (χ3n) is 5.42. The minimum Gasteiger partial charge on any atom is -0.324 e. The number of aromatic nitrogens is 3. The Hall–Kier alpha value is -3.19. The molecule has 6 nitrogen and oxygen atoms in total. The Balaban J connectivity index is 1.97. The summed E-state index contributed by atoms with van der Waals surface area (Å²) in [5.74, 6) is 0.728. The SMILES string of the molecule is Cc1cc(-c2cc(CS(C)(=O)=O)c3nc(C)n(Cc4ccccc4)c3c2)cn(C)c1=O. The average molecular weight is 436 g/mol. The molecule has 0 saturated carbocycles. The Kier molecular flexibility index (Phi) is 5.31. The molecule has 160 valence electrons. The molecule has 0 unspecified atom stereocenters. The Morgan fingerprint density at radius 2 is 1.71 bits per heavy atom. The van der Waals surface area contributed by atoms with Crippen molar-refractivity contribution < 1.29 is 8.42 Å². The number of imidazole rings is 1. The van der Waals surface area contributed by atoms with Crippen LogP contribution in [0.5, 0.6) is 0 Å². The number of aryl methyl sites for hydroxylation is 3. The summed E-state index contributed by atoms with van der Waals surface area (Å²) in [6, 6.07) is 15.8. The fraction of sp³-hybridized carbons (Fsp3) is 0.250. The standard InChI is InChI=1S/C24H25N3O3S/c1-16-10-20(14-26(3)24(16)28)19-11-21(15-31(4,29)30)23-22(12-19)27(17(2)25-23)13-18-8-6-5-7-9-18/h5-12,14H,13,15H2,1-4H3. The maximum Gasteiger partial charge on any atom is 0.253 e. The first kappa shape index (κ1) is 21.1. The van der Waals surface area contributed by atoms with Gasteiger partial charge in [0.2, 0.25) is 0 Å². The Morgan fingerprint density at radius 3 is 2.35 bits per heavy atom. The van der Waals surface area contributed by atoms with Crippen LogP contribution in [0.2, 0.25) is 0 Å². The third-order valence-corrected chi connectivity index (χ3v) is 6.26. The van der Waals surface area contributed by atoms with Crippen molar-refractivity contribution in [3.8, 4) is 11.1 Å². The maximum atomic E-state index is 12.1. The summed E-state index contributed by atoms with van der Waals surface area (Å²) >= 11 is 0. The van der Waals surface area contributed by atoms with Crippen LogP contribution in [-0.2, 0) is 29.2 Å². The fourth-order valence-corrected chi connectivity index (χ4v) is 4.75. The van der Waals surface area contributed by atoms with Gasteiger partial charge in [0.1, 0.15) is 5.82 Å². The van der Waals surface area contributed by atoms with E-state index in [0.717, 1.165) is 28.0 Å². The highest BCUT2D eigenvalue weighted by Crippen LogP contribution is 2.30. The monoisotopic (exact) mass is 435 g/mol. The van der Waals surface area contributed by atoms with Crippen molar-refractivity contribution in [3.63, 3.8) is 0 Å². The van der Waals surface area contributed by atoms with Gasteiger partial charge in [-0.3, -0.25) is 4.79 Å². The van der Waals surface area contributed by atoms with Crippen LogP contribution in [0, 0.1) is 13.8 Å². The second-order valence-corrected chi connectivity index (χ2v) is 10.3. The summed E-state index contributed by atoms with van der Waals surface area (Å²) in [4.78, 5) is 16.9. The molecule has 0 aliphatic carbocycles. The molecular formula is C24H25N3O3S. The summed E-state index contributed by atoms with van der Waals surface area (Å²) in [5, 5.41) is 0. The largest absolute Gasteiger partial charge is 0.324 e. The van der Waals surface area contributed by atoms with Crippen LogP contribution < -0.4 is 5.56 Å². The Bertz CT molecular complexity index is 1420. The number of nitrogens with zero attached hydrogens (tertiary/aromatic N) is 3. The van der Waals surface area contributed by atoms with Gasteiger partial charge >= 0.3 is 0 Å². The average Bonchev–Trinajstić information content (AvgIpc) is 3.01. The first-order chi connectivity index (χ1) is 14.6. The lowest BCUT2D eigenvalue weighted by Gasteiger charge is -2.12. The molecule has 0 aliphatic rings. The van der Waals surface area contributed by atoms with Crippen molar-refractivity contribution in [2.24, 2.45) is 7.05 Å². The van der Waals surface area contributed by atoms with Gasteiger partial charge in [0.25, 0.3) is 5.56 Å². The normalized spacial score (nSPS) is 11.9. The zero-order valence-corrected chi connectivity index (χ0v) is 18.9. The minimum atomic E-state index is -3.26. The van der Waals surface area contributed by atoms with E-state index in [2.05, 4.69) is 16.7 Å². The number of hydrogen-bond donors (Lipinski definition) is 0. The molecule has 2 aromatic heterocycles. The zero-order chi connectivity index (χ0) is 22.3. The molecule has 0 saturated heterocycles. The van der Waals surface area contributed by atoms with E-state index in [-0.39, 0.29) is 11.3 Å². The lowest BCUT2D eigenvalue weighted by Crippen LogP contribution is -2.18. The molecule has 0 bridgehead atoms. The molecule has 0 aliphatic heterocycles. The first-order valence-corrected chi connectivity index (χ1v) is 12.1. The number of fused-ring (bicyclic) bond motifs is 1. The number of benzene rings is 2. The van der Waals surface area contributed by atoms with E-state index in [1.807, 2.05) is 43.3 Å². The van der Waals surface area contributed by atoms with Gasteiger partial charge in [-0.1, -0.05) is 30.3 Å². The Morgan fingerprint density at radius 1 is 1.00 bits per heavy atom. The summed E-state index contributed by atoms with van der Waals surface area (Å²) in [7, 11) is -1.54. The van der Waals surface area contributed by atoms with Crippen molar-refractivity contribution in [2.45, 2.75) is 26.1 Å². The molecule has 7 heteroatoms. The van der Waals surface area contributed by atoms with Crippen LogP contribution in [-0.4, -0.2) is 28.8 Å². The number of rotatable bonds is 5. The van der Waals surface area contributed by atoms with Crippen LogP contribution in [0.1, 0.15) is 22.5 Å². The van der Waals surface area contributed by atoms with Gasteiger partial charge in [0.05, 0.1) is 16.8 Å². The molecule has 0 N–H and O–H groups in total. The molecule has 2 heterocycles. The van der Waals surface area contributed by atoms with Crippen LogP contribution in [0.3, 0.4) is 0 Å². The molecule has 0 atom stereocenters. The molecule has 4 aromatic rings. The predicted octanol–water partition coefficient (Wildman–Crippen LogP) is 3.61. The summed E-state index contributed by atoms with van der Waals surface area (Å²) in [6.07, 6.45) is 3.02. The highest BCUT2D eigenvalue weighted by Gasteiger charge is 2.17. The predicted molar refractivity (Wildman–Crippen MR) is 124 cm³/mol. The highest BCUT2D eigenvalue weighted by atomic mass is 32.2. The number of hydrogen-bond acceptors (Lipinski definition) is 4. The maximum absolute atomic E-state index is 12.1. The minimum absolute atomic E-state index is 0.0499.